The maximum atomic E-state index is 6.02. The summed E-state index contributed by atoms with van der Waals surface area (Å²) in [6, 6.07) is 17.1. The molecule has 0 amide bonds. The highest BCUT2D eigenvalue weighted by molar-refractivity contribution is 5.93. The molecule has 158 valence electrons. The van der Waals surface area contributed by atoms with Gasteiger partial charge >= 0.3 is 0 Å². The molecule has 2 fully saturated rings. The fraction of sp³-hybridized carbons (Fsp3) is 0.556. The van der Waals surface area contributed by atoms with E-state index < -0.39 is 0 Å². The quantitative estimate of drug-likeness (QED) is 0.548. The van der Waals surface area contributed by atoms with Crippen LogP contribution in [0.25, 0.3) is 0 Å². The van der Waals surface area contributed by atoms with Crippen molar-refractivity contribution in [1.82, 2.24) is 4.98 Å². The molecule has 1 aliphatic heterocycles. The van der Waals surface area contributed by atoms with Crippen LogP contribution in [-0.4, -0.2) is 17.5 Å². The number of aliphatic imine (C=N–C) groups is 1. The number of hydrogen-bond acceptors (Lipinski definition) is 3. The van der Waals surface area contributed by atoms with Crippen molar-refractivity contribution in [2.45, 2.75) is 76.2 Å². The minimum absolute atomic E-state index is 0.0825. The predicted octanol–water partition coefficient (Wildman–Crippen LogP) is 6.84. The Labute approximate surface area is 181 Å². The highest BCUT2D eigenvalue weighted by Crippen LogP contribution is 2.45. The standard InChI is InChI=1S/C27H34N2O/c1-4-11-20(12-5-1)25-19-30-27(29-25)24-18-10-17-23(28-24)26(21-13-6-2-7-14-21)22-15-8-3-9-16-22/h1,4-5,10-12,17-18,21-22,25-26H,2-3,6-9,13-16,19H2/t25-/m1/s1. The first kappa shape index (κ1) is 19.8. The maximum absolute atomic E-state index is 6.02. The Morgan fingerprint density at radius 1 is 0.733 bits per heavy atom. The highest BCUT2D eigenvalue weighted by Gasteiger charge is 2.34. The van der Waals surface area contributed by atoms with Gasteiger partial charge in [0.25, 0.3) is 0 Å². The van der Waals surface area contributed by atoms with Crippen LogP contribution < -0.4 is 0 Å². The van der Waals surface area contributed by atoms with Gasteiger partial charge in [-0.3, -0.25) is 0 Å². The molecule has 2 aromatic rings. The minimum atomic E-state index is 0.0825. The van der Waals surface area contributed by atoms with Crippen molar-refractivity contribution in [3.63, 3.8) is 0 Å². The third kappa shape index (κ3) is 4.31. The Morgan fingerprint density at radius 2 is 1.40 bits per heavy atom. The van der Waals surface area contributed by atoms with Crippen LogP contribution in [0.15, 0.2) is 53.5 Å². The third-order valence-electron chi connectivity index (χ3n) is 7.48. The molecular weight excluding hydrogens is 368 g/mol. The molecule has 3 nitrogen and oxygen atoms in total. The van der Waals surface area contributed by atoms with E-state index in [1.54, 1.807) is 0 Å². The first-order valence-corrected chi connectivity index (χ1v) is 12.1. The zero-order valence-corrected chi connectivity index (χ0v) is 18.0. The van der Waals surface area contributed by atoms with Crippen LogP contribution in [0.1, 0.15) is 93.1 Å². The van der Waals surface area contributed by atoms with Crippen molar-refractivity contribution >= 4 is 5.90 Å². The lowest BCUT2D eigenvalue weighted by Crippen LogP contribution is -2.26. The summed E-state index contributed by atoms with van der Waals surface area (Å²) in [4.78, 5) is 10.1. The lowest BCUT2D eigenvalue weighted by atomic mass is 9.68. The maximum Gasteiger partial charge on any atom is 0.236 e. The Kier molecular flexibility index (Phi) is 6.15. The number of aromatic nitrogens is 1. The molecule has 2 saturated carbocycles. The molecule has 2 aliphatic carbocycles. The second-order valence-corrected chi connectivity index (χ2v) is 9.44. The van der Waals surface area contributed by atoms with Gasteiger partial charge in [-0.1, -0.05) is 74.9 Å². The summed E-state index contributed by atoms with van der Waals surface area (Å²) < 4.78 is 6.02. The molecule has 3 heteroatoms. The molecule has 1 atom stereocenters. The van der Waals surface area contributed by atoms with Gasteiger partial charge in [0.2, 0.25) is 5.90 Å². The van der Waals surface area contributed by atoms with Crippen molar-refractivity contribution in [2.75, 3.05) is 6.61 Å². The summed E-state index contributed by atoms with van der Waals surface area (Å²) in [5.41, 5.74) is 3.43. The molecule has 0 bridgehead atoms. The second-order valence-electron chi connectivity index (χ2n) is 9.44. The zero-order chi connectivity index (χ0) is 20.2. The average molecular weight is 403 g/mol. The van der Waals surface area contributed by atoms with Gasteiger partial charge in [-0.15, -0.1) is 0 Å². The largest absolute Gasteiger partial charge is 0.474 e. The molecule has 0 saturated heterocycles. The van der Waals surface area contributed by atoms with Crippen LogP contribution in [-0.2, 0) is 4.74 Å². The zero-order valence-electron chi connectivity index (χ0n) is 18.0. The van der Waals surface area contributed by atoms with Crippen LogP contribution >= 0.6 is 0 Å². The van der Waals surface area contributed by atoms with Crippen molar-refractivity contribution < 1.29 is 4.74 Å². The monoisotopic (exact) mass is 402 g/mol. The molecular formula is C27H34N2O. The molecule has 2 heterocycles. The molecule has 1 aromatic carbocycles. The summed E-state index contributed by atoms with van der Waals surface area (Å²) in [7, 11) is 0. The van der Waals surface area contributed by atoms with E-state index in [2.05, 4.69) is 42.5 Å². The number of ether oxygens (including phenoxy) is 1. The van der Waals surface area contributed by atoms with Crippen LogP contribution in [0.2, 0.25) is 0 Å². The Balaban J connectivity index is 1.42. The van der Waals surface area contributed by atoms with Gasteiger partial charge < -0.3 is 4.74 Å². The number of benzene rings is 1. The normalized spacial score (nSPS) is 23.4. The van der Waals surface area contributed by atoms with Crippen LogP contribution in [0.4, 0.5) is 0 Å². The molecule has 0 radical (unpaired) electrons. The fourth-order valence-electron chi connectivity index (χ4n) is 5.97. The Morgan fingerprint density at radius 3 is 2.07 bits per heavy atom. The van der Waals surface area contributed by atoms with E-state index in [0.717, 1.165) is 23.4 Å². The Bertz CT molecular complexity index is 832. The number of nitrogens with zero attached hydrogens (tertiary/aromatic N) is 2. The van der Waals surface area contributed by atoms with Gasteiger partial charge in [0.15, 0.2) is 0 Å². The third-order valence-corrected chi connectivity index (χ3v) is 7.48. The van der Waals surface area contributed by atoms with E-state index in [4.69, 9.17) is 14.7 Å². The summed E-state index contributed by atoms with van der Waals surface area (Å²) >= 11 is 0. The summed E-state index contributed by atoms with van der Waals surface area (Å²) in [6.45, 7) is 0.611. The van der Waals surface area contributed by atoms with Crippen LogP contribution in [0, 0.1) is 11.8 Å². The molecule has 0 spiro atoms. The molecule has 1 aromatic heterocycles. The topological polar surface area (TPSA) is 34.5 Å². The smallest absolute Gasteiger partial charge is 0.236 e. The van der Waals surface area contributed by atoms with E-state index in [1.807, 2.05) is 6.07 Å². The van der Waals surface area contributed by atoms with E-state index in [1.165, 1.54) is 75.5 Å². The Hall–Kier alpha value is -2.16. The van der Waals surface area contributed by atoms with Gasteiger partial charge in [0.05, 0.1) is 0 Å². The van der Waals surface area contributed by atoms with Crippen molar-refractivity contribution in [3.05, 3.63) is 65.5 Å². The van der Waals surface area contributed by atoms with Crippen molar-refractivity contribution in [2.24, 2.45) is 16.8 Å². The second kappa shape index (κ2) is 9.32. The predicted molar refractivity (Wildman–Crippen MR) is 122 cm³/mol. The average Bonchev–Trinajstić information content (AvgIpc) is 3.32. The molecule has 30 heavy (non-hydrogen) atoms. The molecule has 3 aliphatic rings. The minimum Gasteiger partial charge on any atom is -0.474 e. The summed E-state index contributed by atoms with van der Waals surface area (Å²) in [6.07, 6.45) is 13.9. The lowest BCUT2D eigenvalue weighted by molar-refractivity contribution is 0.199. The van der Waals surface area contributed by atoms with E-state index in [-0.39, 0.29) is 6.04 Å². The van der Waals surface area contributed by atoms with Gasteiger partial charge in [-0.05, 0) is 55.2 Å². The SMILES string of the molecule is c1ccc([C@H]2COC(c3cccc(C(C4CCCCC4)C4CCCCC4)n3)=N2)cc1. The number of hydrogen-bond donors (Lipinski definition) is 0. The van der Waals surface area contributed by atoms with E-state index in [0.29, 0.717) is 12.5 Å². The number of rotatable bonds is 5. The van der Waals surface area contributed by atoms with Crippen molar-refractivity contribution in [3.8, 4) is 0 Å². The van der Waals surface area contributed by atoms with Gasteiger partial charge in [0, 0.05) is 11.6 Å². The van der Waals surface area contributed by atoms with Crippen LogP contribution in [0.3, 0.4) is 0 Å². The molecule has 5 rings (SSSR count). The van der Waals surface area contributed by atoms with Crippen molar-refractivity contribution in [1.29, 1.82) is 0 Å². The summed E-state index contributed by atoms with van der Waals surface area (Å²) in [5.74, 6) is 2.93. The lowest BCUT2D eigenvalue weighted by Gasteiger charge is -2.37. The first-order valence-electron chi connectivity index (χ1n) is 12.1. The van der Waals surface area contributed by atoms with Gasteiger partial charge in [0.1, 0.15) is 18.3 Å². The van der Waals surface area contributed by atoms with Gasteiger partial charge in [-0.25, -0.2) is 9.98 Å². The van der Waals surface area contributed by atoms with Gasteiger partial charge in [-0.2, -0.15) is 0 Å². The van der Waals surface area contributed by atoms with Crippen LogP contribution in [0.5, 0.6) is 0 Å². The number of pyridine rings is 1. The fourth-order valence-corrected chi connectivity index (χ4v) is 5.97. The molecule has 0 unspecified atom stereocenters. The van der Waals surface area contributed by atoms with E-state index >= 15 is 0 Å². The molecule has 0 N–H and O–H groups in total. The first-order chi connectivity index (χ1) is 14.9. The van der Waals surface area contributed by atoms with E-state index in [9.17, 15) is 0 Å². The summed E-state index contributed by atoms with van der Waals surface area (Å²) in [5, 5.41) is 0. The highest BCUT2D eigenvalue weighted by atomic mass is 16.5.